The molecule has 0 saturated heterocycles. The highest BCUT2D eigenvalue weighted by molar-refractivity contribution is 7.21. The summed E-state index contributed by atoms with van der Waals surface area (Å²) in [4.78, 5) is 12.4. The van der Waals surface area contributed by atoms with Crippen molar-refractivity contribution in [1.82, 2.24) is 10.2 Å². The van der Waals surface area contributed by atoms with Crippen molar-refractivity contribution in [1.29, 1.82) is 0 Å². The van der Waals surface area contributed by atoms with Gasteiger partial charge in [0.25, 0.3) is 5.89 Å². The number of aromatic nitrogens is 2. The van der Waals surface area contributed by atoms with Gasteiger partial charge in [-0.15, -0.1) is 21.5 Å². The molecule has 7 heteroatoms. The summed E-state index contributed by atoms with van der Waals surface area (Å²) in [7, 11) is 0. The van der Waals surface area contributed by atoms with Crippen LogP contribution in [-0.4, -0.2) is 16.2 Å². The van der Waals surface area contributed by atoms with Gasteiger partial charge in [-0.3, -0.25) is 0 Å². The fraction of sp³-hybridized carbons (Fsp3) is 0.154. The van der Waals surface area contributed by atoms with E-state index < -0.39 is 5.97 Å². The van der Waals surface area contributed by atoms with E-state index >= 15 is 0 Å². The standard InChI is InChI=1S/C13H9ClN2O3S/c1-7-15-16-10(19-7)6-18-13(17)12-11(14)8-4-2-3-5-9(8)20-12/h2-5H,6H2,1H3. The Hall–Kier alpha value is -1.92. The smallest absolute Gasteiger partial charge is 0.350 e. The molecule has 0 aliphatic rings. The monoisotopic (exact) mass is 308 g/mol. The van der Waals surface area contributed by atoms with Crippen LogP contribution in [0.4, 0.5) is 0 Å². The van der Waals surface area contributed by atoms with Gasteiger partial charge in [0, 0.05) is 17.0 Å². The molecule has 102 valence electrons. The van der Waals surface area contributed by atoms with E-state index in [2.05, 4.69) is 10.2 Å². The molecule has 1 aromatic carbocycles. The molecule has 0 saturated carbocycles. The minimum Gasteiger partial charge on any atom is -0.451 e. The van der Waals surface area contributed by atoms with Crippen molar-refractivity contribution >= 4 is 39.0 Å². The maximum Gasteiger partial charge on any atom is 0.350 e. The van der Waals surface area contributed by atoms with E-state index in [1.165, 1.54) is 11.3 Å². The van der Waals surface area contributed by atoms with Crippen LogP contribution in [0.2, 0.25) is 5.02 Å². The van der Waals surface area contributed by atoms with Crippen LogP contribution in [0.5, 0.6) is 0 Å². The van der Waals surface area contributed by atoms with Crippen molar-refractivity contribution in [2.45, 2.75) is 13.5 Å². The molecular weight excluding hydrogens is 300 g/mol. The van der Waals surface area contributed by atoms with Gasteiger partial charge >= 0.3 is 5.97 Å². The first-order valence-electron chi connectivity index (χ1n) is 5.78. The van der Waals surface area contributed by atoms with Gasteiger partial charge in [-0.25, -0.2) is 4.79 Å². The third-order valence-electron chi connectivity index (χ3n) is 2.61. The van der Waals surface area contributed by atoms with Crippen LogP contribution in [0.1, 0.15) is 21.5 Å². The zero-order valence-electron chi connectivity index (χ0n) is 10.4. The van der Waals surface area contributed by atoms with Crippen LogP contribution in [-0.2, 0) is 11.3 Å². The maximum atomic E-state index is 12.0. The summed E-state index contributed by atoms with van der Waals surface area (Å²) in [5, 5.41) is 8.67. The minimum absolute atomic E-state index is 0.0652. The second-order valence-corrected chi connectivity index (χ2v) is 5.46. The SMILES string of the molecule is Cc1nnc(COC(=O)c2sc3ccccc3c2Cl)o1. The highest BCUT2D eigenvalue weighted by Gasteiger charge is 2.19. The van der Waals surface area contributed by atoms with Gasteiger partial charge in [-0.05, 0) is 6.07 Å². The van der Waals surface area contributed by atoms with Crippen molar-refractivity contribution in [2.24, 2.45) is 0 Å². The number of esters is 1. The van der Waals surface area contributed by atoms with E-state index in [4.69, 9.17) is 20.8 Å². The summed E-state index contributed by atoms with van der Waals surface area (Å²) in [5.74, 6) is 0.191. The van der Waals surface area contributed by atoms with Crippen LogP contribution >= 0.6 is 22.9 Å². The molecule has 20 heavy (non-hydrogen) atoms. The first-order valence-corrected chi connectivity index (χ1v) is 6.97. The van der Waals surface area contributed by atoms with Gasteiger partial charge in [0.15, 0.2) is 6.61 Å². The number of halogens is 1. The van der Waals surface area contributed by atoms with E-state index in [-0.39, 0.29) is 12.5 Å². The molecule has 0 radical (unpaired) electrons. The average molecular weight is 309 g/mol. The number of nitrogens with zero attached hydrogens (tertiary/aromatic N) is 2. The van der Waals surface area contributed by atoms with Crippen molar-refractivity contribution in [3.8, 4) is 0 Å². The molecule has 0 aliphatic heterocycles. The summed E-state index contributed by atoms with van der Waals surface area (Å²) >= 11 is 7.50. The Bertz CT molecular complexity index is 781. The number of ether oxygens (including phenoxy) is 1. The van der Waals surface area contributed by atoms with E-state index in [1.54, 1.807) is 6.92 Å². The topological polar surface area (TPSA) is 65.2 Å². The quantitative estimate of drug-likeness (QED) is 0.692. The second-order valence-electron chi connectivity index (χ2n) is 4.03. The van der Waals surface area contributed by atoms with Crippen LogP contribution in [0.3, 0.4) is 0 Å². The molecule has 0 atom stereocenters. The lowest BCUT2D eigenvalue weighted by molar-refractivity contribution is 0.0443. The number of thiophene rings is 1. The second kappa shape index (κ2) is 5.22. The largest absolute Gasteiger partial charge is 0.451 e. The summed E-state index contributed by atoms with van der Waals surface area (Å²) < 4.78 is 11.2. The number of carbonyl (C=O) groups excluding carboxylic acids is 1. The van der Waals surface area contributed by atoms with Gasteiger partial charge in [0.2, 0.25) is 5.89 Å². The van der Waals surface area contributed by atoms with Crippen LogP contribution < -0.4 is 0 Å². The number of benzene rings is 1. The first kappa shape index (κ1) is 13.1. The third kappa shape index (κ3) is 2.39. The Morgan fingerprint density at radius 2 is 2.20 bits per heavy atom. The predicted molar refractivity (Wildman–Crippen MR) is 75.0 cm³/mol. The highest BCUT2D eigenvalue weighted by atomic mass is 35.5. The van der Waals surface area contributed by atoms with E-state index in [9.17, 15) is 4.79 Å². The minimum atomic E-state index is -0.493. The lowest BCUT2D eigenvalue weighted by Gasteiger charge is -1.99. The molecule has 5 nitrogen and oxygen atoms in total. The maximum absolute atomic E-state index is 12.0. The number of hydrogen-bond acceptors (Lipinski definition) is 6. The molecule has 0 unspecified atom stereocenters. The number of rotatable bonds is 3. The molecule has 3 rings (SSSR count). The fourth-order valence-corrected chi connectivity index (χ4v) is 3.14. The molecule has 2 aromatic heterocycles. The molecule has 0 amide bonds. The lowest BCUT2D eigenvalue weighted by atomic mass is 10.2. The van der Waals surface area contributed by atoms with Gasteiger partial charge in [0.1, 0.15) is 4.88 Å². The van der Waals surface area contributed by atoms with Gasteiger partial charge < -0.3 is 9.15 Å². The molecule has 0 aliphatic carbocycles. The molecule has 3 aromatic rings. The zero-order chi connectivity index (χ0) is 14.1. The number of fused-ring (bicyclic) bond motifs is 1. The van der Waals surface area contributed by atoms with Crippen molar-refractivity contribution < 1.29 is 13.9 Å². The summed E-state index contributed by atoms with van der Waals surface area (Å²) in [6.07, 6.45) is 0. The Morgan fingerprint density at radius 3 is 2.90 bits per heavy atom. The molecule has 0 spiro atoms. The van der Waals surface area contributed by atoms with Crippen molar-refractivity contribution in [3.05, 3.63) is 45.9 Å². The third-order valence-corrected chi connectivity index (χ3v) is 4.27. The van der Waals surface area contributed by atoms with Crippen LogP contribution in [0.25, 0.3) is 10.1 Å². The van der Waals surface area contributed by atoms with Gasteiger partial charge in [-0.2, -0.15) is 0 Å². The average Bonchev–Trinajstić information content (AvgIpc) is 3.01. The molecule has 0 N–H and O–H groups in total. The van der Waals surface area contributed by atoms with E-state index in [0.717, 1.165) is 10.1 Å². The van der Waals surface area contributed by atoms with Gasteiger partial charge in [-0.1, -0.05) is 29.8 Å². The van der Waals surface area contributed by atoms with E-state index in [0.29, 0.717) is 15.8 Å². The Kier molecular flexibility index (Phi) is 3.42. The Balaban J connectivity index is 1.80. The summed E-state index contributed by atoms with van der Waals surface area (Å²) in [6, 6.07) is 7.54. The fourth-order valence-electron chi connectivity index (χ4n) is 1.73. The van der Waals surface area contributed by atoms with Crippen LogP contribution in [0.15, 0.2) is 28.7 Å². The van der Waals surface area contributed by atoms with Crippen molar-refractivity contribution in [2.75, 3.05) is 0 Å². The van der Waals surface area contributed by atoms with Crippen LogP contribution in [0, 0.1) is 6.92 Å². The van der Waals surface area contributed by atoms with Gasteiger partial charge in [0.05, 0.1) is 5.02 Å². The summed E-state index contributed by atoms with van der Waals surface area (Å²) in [5.41, 5.74) is 0. The first-order chi connectivity index (χ1) is 9.65. The lowest BCUT2D eigenvalue weighted by Crippen LogP contribution is -2.04. The number of carbonyl (C=O) groups is 1. The Labute approximate surface area is 123 Å². The zero-order valence-corrected chi connectivity index (χ0v) is 12.0. The van der Waals surface area contributed by atoms with Crippen molar-refractivity contribution in [3.63, 3.8) is 0 Å². The molecular formula is C13H9ClN2O3S. The predicted octanol–water partition coefficient (Wildman–Crippen LogP) is 3.60. The normalized spacial score (nSPS) is 10.9. The highest BCUT2D eigenvalue weighted by Crippen LogP contribution is 2.35. The summed E-state index contributed by atoms with van der Waals surface area (Å²) in [6.45, 7) is 1.60. The molecule has 0 fully saturated rings. The number of hydrogen-bond donors (Lipinski definition) is 0. The van der Waals surface area contributed by atoms with E-state index in [1.807, 2.05) is 24.3 Å². The Morgan fingerprint density at radius 1 is 1.40 bits per heavy atom. The molecule has 2 heterocycles. The number of aryl methyl sites for hydroxylation is 1. The molecule has 0 bridgehead atoms.